The first-order valence-electron chi connectivity index (χ1n) is 6.34. The highest BCUT2D eigenvalue weighted by Crippen LogP contribution is 2.28. The third kappa shape index (κ3) is 4.70. The van der Waals surface area contributed by atoms with Crippen LogP contribution in [0.3, 0.4) is 0 Å². The summed E-state index contributed by atoms with van der Waals surface area (Å²) in [5.41, 5.74) is -1.50. The van der Waals surface area contributed by atoms with Crippen molar-refractivity contribution in [1.82, 2.24) is 9.88 Å². The monoisotopic (exact) mass is 276 g/mol. The smallest absolute Gasteiger partial charge is 0.316 e. The van der Waals surface area contributed by atoms with Crippen LogP contribution in [0.5, 0.6) is 0 Å². The van der Waals surface area contributed by atoms with Crippen LogP contribution in [-0.4, -0.2) is 17.7 Å². The molecule has 1 rings (SSSR count). The summed E-state index contributed by atoms with van der Waals surface area (Å²) in [7, 11) is 0. The Labute approximate surface area is 110 Å². The zero-order valence-corrected chi connectivity index (χ0v) is 11.1. The predicted octanol–water partition coefficient (Wildman–Crippen LogP) is 2.50. The minimum Gasteiger partial charge on any atom is -0.316 e. The van der Waals surface area contributed by atoms with E-state index < -0.39 is 17.4 Å². The Balaban J connectivity index is 2.85. The number of hydrogen-bond donors (Lipinski definition) is 1. The standard InChI is InChI=1S/C13H19F3N2O/c1-3-7-17-8-10(2)9-18-11(13(14,15)16)5-4-6-12(18)19/h4-6,10,17H,3,7-9H2,1-2H3. The predicted molar refractivity (Wildman–Crippen MR) is 68.0 cm³/mol. The molecule has 1 N–H and O–H groups in total. The maximum absolute atomic E-state index is 12.8. The average molecular weight is 276 g/mol. The van der Waals surface area contributed by atoms with Gasteiger partial charge < -0.3 is 9.88 Å². The molecule has 1 heterocycles. The molecule has 1 aromatic rings. The molecular formula is C13H19F3N2O. The Kier molecular flexibility index (Phi) is 5.60. The molecule has 0 aliphatic carbocycles. The van der Waals surface area contributed by atoms with Gasteiger partial charge in [-0.2, -0.15) is 13.2 Å². The van der Waals surface area contributed by atoms with Gasteiger partial charge in [-0.3, -0.25) is 4.79 Å². The Morgan fingerprint density at radius 3 is 2.63 bits per heavy atom. The molecule has 0 aliphatic heterocycles. The van der Waals surface area contributed by atoms with Crippen molar-refractivity contribution >= 4 is 0 Å². The summed E-state index contributed by atoms with van der Waals surface area (Å²) in [5.74, 6) is -0.0484. The van der Waals surface area contributed by atoms with E-state index in [4.69, 9.17) is 0 Å². The van der Waals surface area contributed by atoms with Crippen LogP contribution in [0.25, 0.3) is 0 Å². The van der Waals surface area contributed by atoms with E-state index in [2.05, 4.69) is 5.32 Å². The number of hydrogen-bond acceptors (Lipinski definition) is 2. The zero-order chi connectivity index (χ0) is 14.5. The molecule has 6 heteroatoms. The molecule has 108 valence electrons. The molecule has 1 unspecified atom stereocenters. The average Bonchev–Trinajstić information content (AvgIpc) is 2.30. The van der Waals surface area contributed by atoms with Gasteiger partial charge in [0.1, 0.15) is 5.69 Å². The van der Waals surface area contributed by atoms with E-state index in [9.17, 15) is 18.0 Å². The number of halogens is 3. The fraction of sp³-hybridized carbons (Fsp3) is 0.615. The van der Waals surface area contributed by atoms with Crippen molar-refractivity contribution in [3.05, 3.63) is 34.2 Å². The summed E-state index contributed by atoms with van der Waals surface area (Å²) in [6.07, 6.45) is -3.54. The number of rotatable bonds is 6. The first-order chi connectivity index (χ1) is 8.86. The highest BCUT2D eigenvalue weighted by atomic mass is 19.4. The van der Waals surface area contributed by atoms with Crippen molar-refractivity contribution in [2.24, 2.45) is 5.92 Å². The van der Waals surface area contributed by atoms with Crippen LogP contribution in [0.2, 0.25) is 0 Å². The maximum Gasteiger partial charge on any atom is 0.431 e. The molecular weight excluding hydrogens is 257 g/mol. The van der Waals surface area contributed by atoms with E-state index in [1.54, 1.807) is 0 Å². The molecule has 1 aromatic heterocycles. The Morgan fingerprint density at radius 2 is 2.05 bits per heavy atom. The largest absolute Gasteiger partial charge is 0.431 e. The van der Waals surface area contributed by atoms with Gasteiger partial charge in [0.2, 0.25) is 0 Å². The molecule has 1 atom stereocenters. The van der Waals surface area contributed by atoms with Gasteiger partial charge in [-0.1, -0.05) is 19.9 Å². The number of nitrogens with zero attached hydrogens (tertiary/aromatic N) is 1. The van der Waals surface area contributed by atoms with Gasteiger partial charge in [-0.25, -0.2) is 0 Å². The topological polar surface area (TPSA) is 34.0 Å². The minimum atomic E-state index is -4.50. The van der Waals surface area contributed by atoms with Crippen molar-refractivity contribution in [3.8, 4) is 0 Å². The third-order valence-electron chi connectivity index (χ3n) is 2.75. The van der Waals surface area contributed by atoms with Gasteiger partial charge >= 0.3 is 6.18 Å². The second-order valence-electron chi connectivity index (χ2n) is 4.67. The number of aromatic nitrogens is 1. The second kappa shape index (κ2) is 6.75. The normalized spacial score (nSPS) is 13.5. The number of alkyl halides is 3. The van der Waals surface area contributed by atoms with E-state index in [1.165, 1.54) is 0 Å². The van der Waals surface area contributed by atoms with E-state index >= 15 is 0 Å². The van der Waals surface area contributed by atoms with E-state index in [0.717, 1.165) is 35.7 Å². The fourth-order valence-electron chi connectivity index (χ4n) is 1.86. The molecule has 0 aromatic carbocycles. The SMILES string of the molecule is CCCNCC(C)Cn1c(C(F)(F)F)cccc1=O. The van der Waals surface area contributed by atoms with Crippen molar-refractivity contribution in [3.63, 3.8) is 0 Å². The summed E-state index contributed by atoms with van der Waals surface area (Å²) in [6.45, 7) is 5.31. The molecule has 0 amide bonds. The highest BCUT2D eigenvalue weighted by Gasteiger charge is 2.34. The summed E-state index contributed by atoms with van der Waals surface area (Å²) >= 11 is 0. The Hall–Kier alpha value is -1.30. The van der Waals surface area contributed by atoms with Crippen molar-refractivity contribution in [2.45, 2.75) is 33.0 Å². The molecule has 0 saturated heterocycles. The van der Waals surface area contributed by atoms with Crippen molar-refractivity contribution < 1.29 is 13.2 Å². The molecule has 0 radical (unpaired) electrons. The zero-order valence-electron chi connectivity index (χ0n) is 11.1. The second-order valence-corrected chi connectivity index (χ2v) is 4.67. The molecule has 0 saturated carbocycles. The lowest BCUT2D eigenvalue weighted by Crippen LogP contribution is -2.32. The van der Waals surface area contributed by atoms with Crippen LogP contribution in [0, 0.1) is 5.92 Å². The minimum absolute atomic E-state index is 0.0484. The first kappa shape index (κ1) is 15.8. The fourth-order valence-corrected chi connectivity index (χ4v) is 1.86. The first-order valence-corrected chi connectivity index (χ1v) is 6.34. The molecule has 0 fully saturated rings. The Morgan fingerprint density at radius 1 is 1.37 bits per heavy atom. The lowest BCUT2D eigenvalue weighted by Gasteiger charge is -2.19. The Bertz CT molecular complexity index is 454. The van der Waals surface area contributed by atoms with E-state index in [1.807, 2.05) is 13.8 Å². The van der Waals surface area contributed by atoms with Gasteiger partial charge in [-0.05, 0) is 31.5 Å². The van der Waals surface area contributed by atoms with Crippen LogP contribution in [0.15, 0.2) is 23.0 Å². The van der Waals surface area contributed by atoms with Crippen LogP contribution in [-0.2, 0) is 12.7 Å². The molecule has 19 heavy (non-hydrogen) atoms. The van der Waals surface area contributed by atoms with Crippen molar-refractivity contribution in [2.75, 3.05) is 13.1 Å². The van der Waals surface area contributed by atoms with Crippen LogP contribution in [0.4, 0.5) is 13.2 Å². The van der Waals surface area contributed by atoms with Crippen LogP contribution in [0.1, 0.15) is 26.0 Å². The summed E-state index contributed by atoms with van der Waals surface area (Å²) < 4.78 is 39.2. The van der Waals surface area contributed by atoms with E-state index in [-0.39, 0.29) is 12.5 Å². The molecule has 0 spiro atoms. The van der Waals surface area contributed by atoms with Gasteiger partial charge in [0.25, 0.3) is 5.56 Å². The third-order valence-corrected chi connectivity index (χ3v) is 2.75. The summed E-state index contributed by atoms with van der Waals surface area (Å²) in [4.78, 5) is 11.6. The van der Waals surface area contributed by atoms with Gasteiger partial charge in [0.15, 0.2) is 0 Å². The number of nitrogens with one attached hydrogen (secondary N) is 1. The highest BCUT2D eigenvalue weighted by molar-refractivity contribution is 5.10. The number of pyridine rings is 1. The van der Waals surface area contributed by atoms with Crippen molar-refractivity contribution in [1.29, 1.82) is 0 Å². The molecule has 3 nitrogen and oxygen atoms in total. The summed E-state index contributed by atoms with van der Waals surface area (Å²) in [5, 5.41) is 3.14. The van der Waals surface area contributed by atoms with Gasteiger partial charge in [-0.15, -0.1) is 0 Å². The van der Waals surface area contributed by atoms with E-state index in [0.29, 0.717) is 6.54 Å². The lowest BCUT2D eigenvalue weighted by molar-refractivity contribution is -0.144. The van der Waals surface area contributed by atoms with Crippen LogP contribution >= 0.6 is 0 Å². The van der Waals surface area contributed by atoms with Crippen LogP contribution < -0.4 is 10.9 Å². The quantitative estimate of drug-likeness (QED) is 0.810. The summed E-state index contributed by atoms with van der Waals surface area (Å²) in [6, 6.07) is 3.23. The molecule has 0 aliphatic rings. The van der Waals surface area contributed by atoms with Gasteiger partial charge in [0, 0.05) is 12.6 Å². The maximum atomic E-state index is 12.8. The molecule has 0 bridgehead atoms. The lowest BCUT2D eigenvalue weighted by atomic mass is 10.1. The van der Waals surface area contributed by atoms with Gasteiger partial charge in [0.05, 0.1) is 0 Å².